The number of hydrogen-bond donors (Lipinski definition) is 1. The Morgan fingerprint density at radius 3 is 2.56 bits per heavy atom. The van der Waals surface area contributed by atoms with Crippen molar-refractivity contribution < 1.29 is 18.0 Å². The molecule has 16 heavy (non-hydrogen) atoms. The average molecular weight is 245 g/mol. The molecule has 0 atom stereocenters. The molecule has 2 N–H and O–H groups in total. The molecule has 0 aliphatic rings. The van der Waals surface area contributed by atoms with E-state index >= 15 is 0 Å². The summed E-state index contributed by atoms with van der Waals surface area (Å²) in [5.74, 6) is -0.844. The lowest BCUT2D eigenvalue weighted by Gasteiger charge is -2.08. The molecule has 0 unspecified atom stereocenters. The van der Waals surface area contributed by atoms with Crippen LogP contribution in [0.3, 0.4) is 0 Å². The Bertz CT molecular complexity index is 559. The molecule has 0 saturated carbocycles. The third kappa shape index (κ3) is 1.65. The largest absolute Gasteiger partial charge is 0.417 e. The molecule has 0 bridgehead atoms. The molecular weight excluding hydrogens is 239 g/mol. The smallest absolute Gasteiger partial charge is 0.366 e. The molecule has 0 fully saturated rings. The summed E-state index contributed by atoms with van der Waals surface area (Å²) in [6.07, 6.45) is -4.48. The number of amides is 1. The zero-order chi connectivity index (χ0) is 11.9. The molecule has 2 aromatic rings. The monoisotopic (exact) mass is 245 g/mol. The van der Waals surface area contributed by atoms with Crippen molar-refractivity contribution in [2.45, 2.75) is 6.18 Å². The van der Waals surface area contributed by atoms with Crippen molar-refractivity contribution in [1.82, 2.24) is 0 Å². The first-order valence-corrected chi connectivity index (χ1v) is 5.16. The summed E-state index contributed by atoms with van der Waals surface area (Å²) < 4.78 is 38.5. The zero-order valence-corrected chi connectivity index (χ0v) is 8.65. The number of primary amides is 1. The van der Waals surface area contributed by atoms with Crippen LogP contribution in [0.5, 0.6) is 0 Å². The molecule has 1 heterocycles. The number of fused-ring (bicyclic) bond motifs is 1. The number of halogens is 3. The van der Waals surface area contributed by atoms with Gasteiger partial charge in [-0.05, 0) is 12.1 Å². The highest BCUT2D eigenvalue weighted by Crippen LogP contribution is 2.38. The molecule has 0 saturated heterocycles. The highest BCUT2D eigenvalue weighted by Gasteiger charge is 2.34. The van der Waals surface area contributed by atoms with Crippen LogP contribution in [0.25, 0.3) is 10.1 Å². The van der Waals surface area contributed by atoms with Gasteiger partial charge in [0.25, 0.3) is 0 Å². The Balaban J connectivity index is 2.84. The number of benzene rings is 1. The Hall–Kier alpha value is -1.56. The summed E-state index contributed by atoms with van der Waals surface area (Å²) in [6.45, 7) is 0. The Labute approximate surface area is 92.5 Å². The van der Waals surface area contributed by atoms with E-state index in [9.17, 15) is 18.0 Å². The van der Waals surface area contributed by atoms with Crippen LogP contribution in [-0.2, 0) is 6.18 Å². The van der Waals surface area contributed by atoms with Gasteiger partial charge in [-0.1, -0.05) is 6.07 Å². The van der Waals surface area contributed by atoms with E-state index in [4.69, 9.17) is 5.73 Å². The lowest BCUT2D eigenvalue weighted by Crippen LogP contribution is -2.12. The number of thiophene rings is 1. The van der Waals surface area contributed by atoms with E-state index in [0.29, 0.717) is 4.70 Å². The first kappa shape index (κ1) is 10.9. The minimum Gasteiger partial charge on any atom is -0.366 e. The first-order valence-electron chi connectivity index (χ1n) is 4.28. The van der Waals surface area contributed by atoms with Crippen LogP contribution in [0, 0.1) is 0 Å². The number of alkyl halides is 3. The first-order chi connectivity index (χ1) is 7.41. The average Bonchev–Trinajstić information content (AvgIpc) is 2.58. The minimum absolute atomic E-state index is 0.0760. The van der Waals surface area contributed by atoms with E-state index in [1.54, 1.807) is 0 Å². The van der Waals surface area contributed by atoms with Crippen molar-refractivity contribution in [1.29, 1.82) is 0 Å². The van der Waals surface area contributed by atoms with Gasteiger partial charge in [-0.3, -0.25) is 4.79 Å². The quantitative estimate of drug-likeness (QED) is 0.824. The fourth-order valence-electron chi connectivity index (χ4n) is 1.51. The topological polar surface area (TPSA) is 43.1 Å². The number of carbonyl (C=O) groups is 1. The number of hydrogen-bond acceptors (Lipinski definition) is 2. The van der Waals surface area contributed by atoms with Gasteiger partial charge >= 0.3 is 6.18 Å². The summed E-state index contributed by atoms with van der Waals surface area (Å²) in [5, 5.41) is 1.25. The van der Waals surface area contributed by atoms with Gasteiger partial charge in [0.05, 0.1) is 11.1 Å². The number of rotatable bonds is 1. The van der Waals surface area contributed by atoms with Crippen LogP contribution in [-0.4, -0.2) is 5.91 Å². The van der Waals surface area contributed by atoms with E-state index < -0.39 is 17.6 Å². The predicted molar refractivity (Wildman–Crippen MR) is 55.3 cm³/mol. The minimum atomic E-state index is -4.48. The van der Waals surface area contributed by atoms with Gasteiger partial charge in [0, 0.05) is 15.5 Å². The van der Waals surface area contributed by atoms with Crippen molar-refractivity contribution in [2.75, 3.05) is 0 Å². The van der Waals surface area contributed by atoms with Gasteiger partial charge in [-0.25, -0.2) is 0 Å². The second-order valence-electron chi connectivity index (χ2n) is 3.19. The molecule has 0 aliphatic heterocycles. The van der Waals surface area contributed by atoms with Crippen molar-refractivity contribution in [3.05, 3.63) is 34.7 Å². The van der Waals surface area contributed by atoms with Crippen LogP contribution in [0.15, 0.2) is 23.6 Å². The molecule has 2 nitrogen and oxygen atoms in total. The molecule has 2 rings (SSSR count). The van der Waals surface area contributed by atoms with Crippen LogP contribution in [0.4, 0.5) is 13.2 Å². The van der Waals surface area contributed by atoms with Crippen molar-refractivity contribution in [3.8, 4) is 0 Å². The van der Waals surface area contributed by atoms with Crippen LogP contribution in [0.1, 0.15) is 15.9 Å². The highest BCUT2D eigenvalue weighted by molar-refractivity contribution is 7.17. The molecule has 6 heteroatoms. The number of nitrogens with two attached hydrogens (primary N) is 1. The van der Waals surface area contributed by atoms with Crippen molar-refractivity contribution in [2.24, 2.45) is 5.73 Å². The normalized spacial score (nSPS) is 11.9. The van der Waals surface area contributed by atoms with Gasteiger partial charge in [0.2, 0.25) is 5.91 Å². The third-order valence-corrected chi connectivity index (χ3v) is 3.12. The van der Waals surface area contributed by atoms with Crippen LogP contribution in [0.2, 0.25) is 0 Å². The Morgan fingerprint density at radius 2 is 2.00 bits per heavy atom. The standard InChI is InChI=1S/C10H6F3NOS/c11-10(12,13)6-2-1-3-7-8(6)5(4-16-7)9(14)15/h1-4H,(H2,14,15). The summed E-state index contributed by atoms with van der Waals surface area (Å²) in [4.78, 5) is 11.0. The van der Waals surface area contributed by atoms with Crippen LogP contribution < -0.4 is 5.73 Å². The van der Waals surface area contributed by atoms with Gasteiger partial charge in [0.15, 0.2) is 0 Å². The van der Waals surface area contributed by atoms with E-state index in [-0.39, 0.29) is 10.9 Å². The fourth-order valence-corrected chi connectivity index (χ4v) is 2.48. The predicted octanol–water partition coefficient (Wildman–Crippen LogP) is 3.02. The molecule has 84 valence electrons. The summed E-state index contributed by atoms with van der Waals surface area (Å²) in [7, 11) is 0. The lowest BCUT2D eigenvalue weighted by atomic mass is 10.1. The van der Waals surface area contributed by atoms with Gasteiger partial charge in [-0.2, -0.15) is 13.2 Å². The SMILES string of the molecule is NC(=O)c1csc2cccc(C(F)(F)F)c12. The molecule has 0 aliphatic carbocycles. The second-order valence-corrected chi connectivity index (χ2v) is 4.10. The summed E-state index contributed by atoms with van der Waals surface area (Å²) >= 11 is 1.07. The second kappa shape index (κ2) is 3.48. The molecule has 0 spiro atoms. The molecule has 1 aromatic carbocycles. The van der Waals surface area contributed by atoms with Gasteiger partial charge in [0.1, 0.15) is 0 Å². The van der Waals surface area contributed by atoms with Crippen LogP contribution >= 0.6 is 11.3 Å². The van der Waals surface area contributed by atoms with Crippen molar-refractivity contribution >= 4 is 27.3 Å². The zero-order valence-electron chi connectivity index (χ0n) is 7.84. The maximum atomic E-state index is 12.7. The van der Waals surface area contributed by atoms with Crippen molar-refractivity contribution in [3.63, 3.8) is 0 Å². The van der Waals surface area contributed by atoms with E-state index in [0.717, 1.165) is 17.4 Å². The summed E-state index contributed by atoms with van der Waals surface area (Å²) in [5.41, 5.74) is 4.14. The molecular formula is C10H6F3NOS. The lowest BCUT2D eigenvalue weighted by molar-refractivity contribution is -0.136. The Kier molecular flexibility index (Phi) is 2.38. The van der Waals surface area contributed by atoms with Gasteiger partial charge in [-0.15, -0.1) is 11.3 Å². The van der Waals surface area contributed by atoms with E-state index in [1.807, 2.05) is 0 Å². The molecule has 1 amide bonds. The molecule has 0 radical (unpaired) electrons. The molecule has 1 aromatic heterocycles. The fraction of sp³-hybridized carbons (Fsp3) is 0.100. The van der Waals surface area contributed by atoms with E-state index in [2.05, 4.69) is 0 Å². The number of carbonyl (C=O) groups excluding carboxylic acids is 1. The highest BCUT2D eigenvalue weighted by atomic mass is 32.1. The maximum Gasteiger partial charge on any atom is 0.417 e. The van der Waals surface area contributed by atoms with Gasteiger partial charge < -0.3 is 5.73 Å². The Morgan fingerprint density at radius 1 is 1.31 bits per heavy atom. The van der Waals surface area contributed by atoms with E-state index in [1.165, 1.54) is 17.5 Å². The third-order valence-electron chi connectivity index (χ3n) is 2.17. The maximum absolute atomic E-state index is 12.7. The summed E-state index contributed by atoms with van der Waals surface area (Å²) in [6, 6.07) is 3.79.